The molecule has 1 aliphatic heterocycles. The molecule has 108 valence electrons. The molecule has 2 aromatic carbocycles. The van der Waals surface area contributed by atoms with Crippen molar-refractivity contribution < 1.29 is 9.90 Å². The number of carbonyl (C=O) groups is 1. The Morgan fingerprint density at radius 2 is 1.68 bits per heavy atom. The van der Waals surface area contributed by atoms with Crippen molar-refractivity contribution in [2.24, 2.45) is 0 Å². The Kier molecular flexibility index (Phi) is 2.77. The van der Waals surface area contributed by atoms with Crippen molar-refractivity contribution >= 4 is 28.8 Å². The summed E-state index contributed by atoms with van der Waals surface area (Å²) in [4.78, 5) is 12.8. The molecular formula is C17H12N2O2S. The van der Waals surface area contributed by atoms with Crippen LogP contribution in [0.1, 0.15) is 27.5 Å². The minimum absolute atomic E-state index is 0.00572. The Bertz CT molecular complexity index is 840. The van der Waals surface area contributed by atoms with Gasteiger partial charge in [0.2, 0.25) is 0 Å². The fourth-order valence-electron chi connectivity index (χ4n) is 2.98. The van der Waals surface area contributed by atoms with Gasteiger partial charge in [-0.3, -0.25) is 4.79 Å². The Morgan fingerprint density at radius 1 is 1.00 bits per heavy atom. The molecule has 0 fully saturated rings. The highest BCUT2D eigenvalue weighted by atomic mass is 32.1. The molecule has 0 aromatic heterocycles. The van der Waals surface area contributed by atoms with Crippen LogP contribution in [-0.4, -0.2) is 16.0 Å². The van der Waals surface area contributed by atoms with Crippen LogP contribution in [0.25, 0.3) is 5.70 Å². The lowest BCUT2D eigenvalue weighted by atomic mass is 9.94. The standard InChI is InChI=1S/C17H12N2O2S/c20-10-7-5-9(6-8-10)14-13-15(19-17(22)18-14)11-3-1-2-4-12(11)16(13)21/h1-8,14,20H,(H2,18,19,22)/t14-/m0/s1. The molecule has 3 N–H and O–H groups in total. The molecule has 0 saturated heterocycles. The molecule has 2 aromatic rings. The number of carbonyl (C=O) groups excluding carboxylic acids is 1. The van der Waals surface area contributed by atoms with E-state index in [1.807, 2.05) is 24.3 Å². The van der Waals surface area contributed by atoms with Gasteiger partial charge in [0.15, 0.2) is 10.9 Å². The summed E-state index contributed by atoms with van der Waals surface area (Å²) in [6.07, 6.45) is 0. The topological polar surface area (TPSA) is 61.4 Å². The summed E-state index contributed by atoms with van der Waals surface area (Å²) in [6, 6.07) is 14.0. The Labute approximate surface area is 132 Å². The summed E-state index contributed by atoms with van der Waals surface area (Å²) in [6.45, 7) is 0. The van der Waals surface area contributed by atoms with Crippen LogP contribution < -0.4 is 10.6 Å². The predicted molar refractivity (Wildman–Crippen MR) is 87.4 cm³/mol. The van der Waals surface area contributed by atoms with E-state index in [1.54, 1.807) is 24.3 Å². The van der Waals surface area contributed by atoms with E-state index in [9.17, 15) is 9.90 Å². The average molecular weight is 308 g/mol. The summed E-state index contributed by atoms with van der Waals surface area (Å²) in [5.41, 5.74) is 3.91. The second-order valence-electron chi connectivity index (χ2n) is 5.29. The van der Waals surface area contributed by atoms with E-state index >= 15 is 0 Å². The highest BCUT2D eigenvalue weighted by molar-refractivity contribution is 7.80. The maximum Gasteiger partial charge on any atom is 0.194 e. The second-order valence-corrected chi connectivity index (χ2v) is 5.69. The first-order chi connectivity index (χ1) is 10.6. The van der Waals surface area contributed by atoms with Crippen LogP contribution >= 0.6 is 12.2 Å². The van der Waals surface area contributed by atoms with Crippen molar-refractivity contribution in [2.75, 3.05) is 0 Å². The van der Waals surface area contributed by atoms with E-state index in [4.69, 9.17) is 12.2 Å². The van der Waals surface area contributed by atoms with Gasteiger partial charge < -0.3 is 15.7 Å². The number of phenolic OH excluding ortho intramolecular Hbond substituents is 1. The van der Waals surface area contributed by atoms with Gasteiger partial charge in [-0.05, 0) is 29.9 Å². The van der Waals surface area contributed by atoms with Crippen LogP contribution in [-0.2, 0) is 0 Å². The first-order valence-corrected chi connectivity index (χ1v) is 7.30. The van der Waals surface area contributed by atoms with E-state index in [0.717, 1.165) is 16.8 Å². The Morgan fingerprint density at radius 3 is 2.41 bits per heavy atom. The number of hydrogen-bond acceptors (Lipinski definition) is 3. The normalized spacial score (nSPS) is 19.4. The number of ketones is 1. The number of hydrogen-bond donors (Lipinski definition) is 3. The van der Waals surface area contributed by atoms with Crippen molar-refractivity contribution in [3.8, 4) is 5.75 Å². The first kappa shape index (κ1) is 13.0. The molecule has 1 aliphatic carbocycles. The lowest BCUT2D eigenvalue weighted by molar-refractivity contribution is 0.103. The third-order valence-corrected chi connectivity index (χ3v) is 4.20. The quantitative estimate of drug-likeness (QED) is 0.707. The van der Waals surface area contributed by atoms with Gasteiger partial charge in [0.25, 0.3) is 0 Å². The molecule has 22 heavy (non-hydrogen) atoms. The maximum atomic E-state index is 12.8. The number of aromatic hydroxyl groups is 1. The van der Waals surface area contributed by atoms with E-state index in [1.165, 1.54) is 0 Å². The number of thiocarbonyl (C=S) groups is 1. The summed E-state index contributed by atoms with van der Waals surface area (Å²) < 4.78 is 0. The van der Waals surface area contributed by atoms with Crippen LogP contribution in [0.4, 0.5) is 0 Å². The lowest BCUT2D eigenvalue weighted by Crippen LogP contribution is -2.43. The van der Waals surface area contributed by atoms with Gasteiger partial charge in [-0.1, -0.05) is 36.4 Å². The van der Waals surface area contributed by atoms with Gasteiger partial charge in [0.1, 0.15) is 5.75 Å². The molecular weight excluding hydrogens is 296 g/mol. The number of benzene rings is 2. The molecule has 4 nitrogen and oxygen atoms in total. The van der Waals surface area contributed by atoms with Crippen LogP contribution in [0.15, 0.2) is 54.1 Å². The van der Waals surface area contributed by atoms with Crippen molar-refractivity contribution in [1.29, 1.82) is 0 Å². The van der Waals surface area contributed by atoms with Crippen LogP contribution in [0.2, 0.25) is 0 Å². The predicted octanol–water partition coefficient (Wildman–Crippen LogP) is 2.52. The number of nitrogens with one attached hydrogen (secondary N) is 2. The van der Waals surface area contributed by atoms with Crippen molar-refractivity contribution in [3.63, 3.8) is 0 Å². The number of fused-ring (bicyclic) bond motifs is 2. The molecule has 0 radical (unpaired) electrons. The van der Waals surface area contributed by atoms with Gasteiger partial charge in [-0.2, -0.15) is 0 Å². The van der Waals surface area contributed by atoms with E-state index in [-0.39, 0.29) is 17.6 Å². The molecule has 2 aliphatic rings. The molecule has 0 spiro atoms. The van der Waals surface area contributed by atoms with Crippen molar-refractivity contribution in [1.82, 2.24) is 10.6 Å². The summed E-state index contributed by atoms with van der Waals surface area (Å²) in [5, 5.41) is 16.2. The smallest absolute Gasteiger partial charge is 0.194 e. The van der Waals surface area contributed by atoms with Crippen LogP contribution in [0.3, 0.4) is 0 Å². The minimum atomic E-state index is -0.316. The first-order valence-electron chi connectivity index (χ1n) is 6.90. The summed E-state index contributed by atoms with van der Waals surface area (Å²) >= 11 is 5.28. The van der Waals surface area contributed by atoms with Crippen molar-refractivity contribution in [2.45, 2.75) is 6.04 Å². The molecule has 0 saturated carbocycles. The van der Waals surface area contributed by atoms with Gasteiger partial charge in [-0.15, -0.1) is 0 Å². The van der Waals surface area contributed by atoms with Crippen LogP contribution in [0, 0.1) is 0 Å². The zero-order chi connectivity index (χ0) is 15.3. The highest BCUT2D eigenvalue weighted by Gasteiger charge is 2.38. The second kappa shape index (κ2) is 4.68. The van der Waals surface area contributed by atoms with E-state index in [2.05, 4.69) is 10.6 Å². The number of rotatable bonds is 1. The zero-order valence-electron chi connectivity index (χ0n) is 11.5. The molecule has 4 rings (SSSR count). The Balaban J connectivity index is 1.88. The van der Waals surface area contributed by atoms with Crippen molar-refractivity contribution in [3.05, 3.63) is 70.8 Å². The fraction of sp³-hybridized carbons (Fsp3) is 0.0588. The average Bonchev–Trinajstić information content (AvgIpc) is 2.81. The Hall–Kier alpha value is -2.66. The van der Waals surface area contributed by atoms with Gasteiger partial charge in [0.05, 0.1) is 17.3 Å². The monoisotopic (exact) mass is 308 g/mol. The van der Waals surface area contributed by atoms with Gasteiger partial charge in [-0.25, -0.2) is 0 Å². The molecule has 0 bridgehead atoms. The van der Waals surface area contributed by atoms with E-state index < -0.39 is 0 Å². The molecule has 0 amide bonds. The third-order valence-electron chi connectivity index (χ3n) is 3.98. The van der Waals surface area contributed by atoms with E-state index in [0.29, 0.717) is 16.2 Å². The molecule has 5 heteroatoms. The number of phenols is 1. The molecule has 1 atom stereocenters. The largest absolute Gasteiger partial charge is 0.508 e. The molecule has 0 unspecified atom stereocenters. The van der Waals surface area contributed by atoms with Gasteiger partial charge >= 0.3 is 0 Å². The maximum absolute atomic E-state index is 12.8. The van der Waals surface area contributed by atoms with Gasteiger partial charge in [0, 0.05) is 11.1 Å². The SMILES string of the molecule is O=C1C2=C(NC(=S)N[C@H]2c2ccc(O)cc2)c2ccccc21. The highest BCUT2D eigenvalue weighted by Crippen LogP contribution is 2.39. The fourth-order valence-corrected chi connectivity index (χ4v) is 3.20. The lowest BCUT2D eigenvalue weighted by Gasteiger charge is -2.28. The third kappa shape index (κ3) is 1.83. The summed E-state index contributed by atoms with van der Waals surface area (Å²) in [7, 11) is 0. The zero-order valence-corrected chi connectivity index (χ0v) is 12.3. The van der Waals surface area contributed by atoms with Crippen LogP contribution in [0.5, 0.6) is 5.75 Å². The number of Topliss-reactive ketones (excluding diaryl/α,β-unsaturated/α-hetero) is 1. The summed E-state index contributed by atoms with van der Waals surface area (Å²) in [5.74, 6) is 0.196. The minimum Gasteiger partial charge on any atom is -0.508 e. The molecule has 1 heterocycles.